The van der Waals surface area contributed by atoms with Crippen molar-refractivity contribution in [2.75, 3.05) is 37.5 Å². The Bertz CT molecular complexity index is 778. The van der Waals surface area contributed by atoms with E-state index in [-0.39, 0.29) is 11.5 Å². The number of benzene rings is 1. The minimum Gasteiger partial charge on any atom is -0.493 e. The molecule has 1 aliphatic rings. The van der Waals surface area contributed by atoms with E-state index in [9.17, 15) is 8.78 Å². The number of aromatic nitrogens is 2. The maximum absolute atomic E-state index is 12.6. The van der Waals surface area contributed by atoms with E-state index in [1.54, 1.807) is 18.5 Å². The molecule has 9 heteroatoms. The second-order valence-electron chi connectivity index (χ2n) is 6.50. The Morgan fingerprint density at radius 3 is 2.86 bits per heavy atom. The number of anilines is 2. The van der Waals surface area contributed by atoms with Gasteiger partial charge in [-0.1, -0.05) is 6.07 Å². The van der Waals surface area contributed by atoms with Crippen molar-refractivity contribution in [1.29, 1.82) is 0 Å². The van der Waals surface area contributed by atoms with Crippen LogP contribution in [0.5, 0.6) is 11.5 Å². The van der Waals surface area contributed by atoms with Gasteiger partial charge in [0.1, 0.15) is 18.0 Å². The Kier molecular flexibility index (Phi) is 6.80. The molecule has 1 aliphatic heterocycles. The average Bonchev–Trinajstić information content (AvgIpc) is 3.16. The Balaban J connectivity index is 1.59. The normalized spacial score (nSPS) is 16.5. The Labute approximate surface area is 163 Å². The fourth-order valence-electron chi connectivity index (χ4n) is 3.39. The number of methoxy groups -OCH3 is 1. The summed E-state index contributed by atoms with van der Waals surface area (Å²) in [5, 5.41) is 6.43. The summed E-state index contributed by atoms with van der Waals surface area (Å²) in [7, 11) is 3.25. The fourth-order valence-corrected chi connectivity index (χ4v) is 3.39. The molecule has 0 bridgehead atoms. The predicted octanol–water partition coefficient (Wildman–Crippen LogP) is 2.89. The van der Waals surface area contributed by atoms with Gasteiger partial charge in [0.25, 0.3) is 0 Å². The first kappa shape index (κ1) is 20.1. The molecule has 0 spiro atoms. The molecule has 0 amide bonds. The van der Waals surface area contributed by atoms with Gasteiger partial charge in [-0.05, 0) is 30.5 Å². The highest BCUT2D eigenvalue weighted by Crippen LogP contribution is 2.29. The second kappa shape index (κ2) is 9.50. The molecule has 1 unspecified atom stereocenters. The maximum Gasteiger partial charge on any atom is 0.387 e. The lowest BCUT2D eigenvalue weighted by atomic mass is 10.1. The van der Waals surface area contributed by atoms with E-state index < -0.39 is 6.61 Å². The van der Waals surface area contributed by atoms with E-state index in [1.165, 1.54) is 7.11 Å². The summed E-state index contributed by atoms with van der Waals surface area (Å²) in [6.45, 7) is -0.642. The summed E-state index contributed by atoms with van der Waals surface area (Å²) in [4.78, 5) is 10.8. The fraction of sp³-hybridized carbons (Fsp3) is 0.474. The van der Waals surface area contributed by atoms with Crippen molar-refractivity contribution in [2.24, 2.45) is 0 Å². The highest BCUT2D eigenvalue weighted by atomic mass is 19.3. The van der Waals surface area contributed by atoms with Crippen LogP contribution in [0, 0.1) is 0 Å². The van der Waals surface area contributed by atoms with Crippen molar-refractivity contribution in [2.45, 2.75) is 32.0 Å². The average molecular weight is 393 g/mol. The molecule has 1 aromatic heterocycles. The number of ether oxygens (including phenoxy) is 2. The number of hydrogen-bond acceptors (Lipinski definition) is 7. The van der Waals surface area contributed by atoms with Crippen LogP contribution in [0.4, 0.5) is 20.4 Å². The van der Waals surface area contributed by atoms with Crippen LogP contribution in [0.15, 0.2) is 30.6 Å². The van der Waals surface area contributed by atoms with Gasteiger partial charge in [-0.25, -0.2) is 9.97 Å². The second-order valence-corrected chi connectivity index (χ2v) is 6.50. The van der Waals surface area contributed by atoms with Gasteiger partial charge in [0, 0.05) is 38.8 Å². The van der Waals surface area contributed by atoms with E-state index in [0.717, 1.165) is 43.1 Å². The third-order valence-corrected chi connectivity index (χ3v) is 4.73. The zero-order valence-electron chi connectivity index (χ0n) is 16.0. The van der Waals surface area contributed by atoms with Crippen LogP contribution in [-0.4, -0.2) is 49.9 Å². The first-order valence-electron chi connectivity index (χ1n) is 9.19. The molecule has 2 heterocycles. The number of nitrogens with one attached hydrogen (secondary N) is 2. The van der Waals surface area contributed by atoms with Gasteiger partial charge in [0.2, 0.25) is 0 Å². The molecule has 0 aliphatic carbocycles. The van der Waals surface area contributed by atoms with Gasteiger partial charge in [-0.2, -0.15) is 8.78 Å². The molecule has 2 N–H and O–H groups in total. The minimum absolute atomic E-state index is 0.0415. The molecule has 0 radical (unpaired) electrons. The third kappa shape index (κ3) is 4.98. The highest BCUT2D eigenvalue weighted by Gasteiger charge is 2.25. The topological polar surface area (TPSA) is 71.5 Å². The summed E-state index contributed by atoms with van der Waals surface area (Å²) in [6.07, 6.45) is 3.72. The lowest BCUT2D eigenvalue weighted by molar-refractivity contribution is -0.0512. The molecule has 1 atom stereocenters. The molecule has 1 saturated heterocycles. The van der Waals surface area contributed by atoms with E-state index in [1.807, 2.05) is 19.2 Å². The lowest BCUT2D eigenvalue weighted by Gasteiger charge is -2.26. The van der Waals surface area contributed by atoms with Crippen LogP contribution >= 0.6 is 0 Å². The van der Waals surface area contributed by atoms with Crippen molar-refractivity contribution in [3.05, 3.63) is 36.2 Å². The lowest BCUT2D eigenvalue weighted by Crippen LogP contribution is -2.38. The molecule has 7 nitrogen and oxygen atoms in total. The van der Waals surface area contributed by atoms with Crippen LogP contribution in [0.1, 0.15) is 18.4 Å². The molecule has 2 aromatic rings. The Morgan fingerprint density at radius 1 is 1.25 bits per heavy atom. The van der Waals surface area contributed by atoms with E-state index in [2.05, 4.69) is 30.2 Å². The number of hydrogen-bond donors (Lipinski definition) is 2. The Morgan fingerprint density at radius 2 is 2.11 bits per heavy atom. The summed E-state index contributed by atoms with van der Waals surface area (Å²) in [5.74, 6) is 2.02. The number of alkyl halides is 2. The molecule has 1 aromatic carbocycles. The van der Waals surface area contributed by atoms with Crippen molar-refractivity contribution < 1.29 is 18.3 Å². The Hall–Kier alpha value is -2.68. The maximum atomic E-state index is 12.6. The largest absolute Gasteiger partial charge is 0.493 e. The van der Waals surface area contributed by atoms with E-state index in [0.29, 0.717) is 12.6 Å². The standard InChI is InChI=1S/C19H25F2N5O2/c1-22-17-9-18(25-12-24-17)26-7-3-4-14(26)11-23-10-13-5-6-15(27-2)16(8-13)28-19(20)21/h5-6,8-9,12,14,19,23H,3-4,7,10-11H2,1-2H3,(H,22,24,25). The van der Waals surface area contributed by atoms with E-state index in [4.69, 9.17) is 4.74 Å². The summed E-state index contributed by atoms with van der Waals surface area (Å²) in [5.41, 5.74) is 0.848. The first-order valence-corrected chi connectivity index (χ1v) is 9.19. The summed E-state index contributed by atoms with van der Waals surface area (Å²) in [6, 6.07) is 7.30. The summed E-state index contributed by atoms with van der Waals surface area (Å²) >= 11 is 0. The van der Waals surface area contributed by atoms with Crippen LogP contribution in [0.2, 0.25) is 0 Å². The van der Waals surface area contributed by atoms with Crippen molar-refractivity contribution in [3.8, 4) is 11.5 Å². The van der Waals surface area contributed by atoms with Gasteiger partial charge in [-0.15, -0.1) is 0 Å². The molecule has 28 heavy (non-hydrogen) atoms. The van der Waals surface area contributed by atoms with Crippen LogP contribution in [0.3, 0.4) is 0 Å². The predicted molar refractivity (Wildman–Crippen MR) is 103 cm³/mol. The third-order valence-electron chi connectivity index (χ3n) is 4.73. The van der Waals surface area contributed by atoms with Gasteiger partial charge in [0.05, 0.1) is 7.11 Å². The van der Waals surface area contributed by atoms with Gasteiger partial charge >= 0.3 is 6.61 Å². The van der Waals surface area contributed by atoms with Gasteiger partial charge < -0.3 is 25.0 Å². The zero-order valence-corrected chi connectivity index (χ0v) is 16.0. The van der Waals surface area contributed by atoms with Crippen molar-refractivity contribution >= 4 is 11.6 Å². The molecule has 3 rings (SSSR count). The minimum atomic E-state index is -2.89. The highest BCUT2D eigenvalue weighted by molar-refractivity contribution is 5.49. The van der Waals surface area contributed by atoms with Crippen molar-refractivity contribution in [1.82, 2.24) is 15.3 Å². The smallest absolute Gasteiger partial charge is 0.387 e. The number of nitrogens with zero attached hydrogens (tertiary/aromatic N) is 3. The van der Waals surface area contributed by atoms with Crippen molar-refractivity contribution in [3.63, 3.8) is 0 Å². The van der Waals surface area contributed by atoms with Gasteiger partial charge in [0.15, 0.2) is 11.5 Å². The molecular weight excluding hydrogens is 368 g/mol. The zero-order chi connectivity index (χ0) is 19.9. The molecule has 0 saturated carbocycles. The number of halogens is 2. The monoisotopic (exact) mass is 393 g/mol. The molecular formula is C19H25F2N5O2. The summed E-state index contributed by atoms with van der Waals surface area (Å²) < 4.78 is 34.7. The molecule has 152 valence electrons. The number of rotatable bonds is 9. The quantitative estimate of drug-likeness (QED) is 0.679. The van der Waals surface area contributed by atoms with E-state index >= 15 is 0 Å². The first-order chi connectivity index (χ1) is 13.6. The molecule has 1 fully saturated rings. The van der Waals surface area contributed by atoms with Crippen LogP contribution in [-0.2, 0) is 6.54 Å². The SMILES string of the molecule is CNc1cc(N2CCCC2CNCc2ccc(OC)c(OC(F)F)c2)ncn1. The van der Waals surface area contributed by atoms with Crippen LogP contribution in [0.25, 0.3) is 0 Å². The van der Waals surface area contributed by atoms with Crippen LogP contribution < -0.4 is 25.0 Å². The van der Waals surface area contributed by atoms with Gasteiger partial charge in [-0.3, -0.25) is 0 Å².